The van der Waals surface area contributed by atoms with E-state index in [1.165, 1.54) is 128 Å². The van der Waals surface area contributed by atoms with Crippen molar-refractivity contribution in [1.82, 2.24) is 0 Å². The molecule has 6 aromatic rings. The van der Waals surface area contributed by atoms with Gasteiger partial charge in [-0.25, -0.2) is 0 Å². The van der Waals surface area contributed by atoms with Crippen LogP contribution in [0.4, 0.5) is 0 Å². The number of hydrogen-bond donors (Lipinski definition) is 0. The highest BCUT2D eigenvalue weighted by molar-refractivity contribution is 6.18. The first-order valence-electron chi connectivity index (χ1n) is 22.3. The van der Waals surface area contributed by atoms with E-state index in [1.807, 2.05) is 0 Å². The molecule has 0 heterocycles. The third-order valence-corrected chi connectivity index (χ3v) is 13.8. The van der Waals surface area contributed by atoms with Crippen molar-refractivity contribution in [3.8, 4) is 11.1 Å². The van der Waals surface area contributed by atoms with Gasteiger partial charge in [0.05, 0.1) is 0 Å². The molecule has 0 saturated heterocycles. The van der Waals surface area contributed by atoms with Crippen LogP contribution in [0.25, 0.3) is 33.0 Å². The molecular formula is C59H66. The molecular weight excluding hydrogens is 709 g/mol. The Morgan fingerprint density at radius 1 is 0.424 bits per heavy atom. The highest BCUT2D eigenvalue weighted by Gasteiger charge is 2.44. The summed E-state index contributed by atoms with van der Waals surface area (Å²) in [4.78, 5) is 0. The Kier molecular flexibility index (Phi) is 8.70. The molecule has 0 fully saturated rings. The molecule has 1 atom stereocenters. The first kappa shape index (κ1) is 39.8. The van der Waals surface area contributed by atoms with Crippen LogP contribution in [-0.2, 0) is 34.5 Å². The molecule has 0 amide bonds. The third-order valence-electron chi connectivity index (χ3n) is 13.8. The monoisotopic (exact) mass is 775 g/mol. The lowest BCUT2D eigenvalue weighted by Crippen LogP contribution is -2.25. The largest absolute Gasteiger partial charge is 0.0613 e. The fraction of sp³-hybridized carbons (Fsp3) is 0.390. The molecule has 59 heavy (non-hydrogen) atoms. The Balaban J connectivity index is 1.66. The van der Waals surface area contributed by atoms with Crippen LogP contribution < -0.4 is 0 Å². The van der Waals surface area contributed by atoms with Gasteiger partial charge in [-0.05, 0) is 168 Å². The molecule has 0 bridgehead atoms. The van der Waals surface area contributed by atoms with Crippen molar-refractivity contribution >= 4 is 21.9 Å². The second-order valence-electron chi connectivity index (χ2n) is 22.9. The minimum atomic E-state index is -0.0886. The van der Waals surface area contributed by atoms with E-state index in [-0.39, 0.29) is 27.6 Å². The Morgan fingerprint density at radius 3 is 1.41 bits per heavy atom. The molecule has 6 aromatic carbocycles. The first-order chi connectivity index (χ1) is 27.4. The van der Waals surface area contributed by atoms with Gasteiger partial charge in [-0.1, -0.05) is 184 Å². The maximum atomic E-state index is 2.55. The Bertz CT molecular complexity index is 2820. The Hall–Kier alpha value is -4.68. The fourth-order valence-corrected chi connectivity index (χ4v) is 11.5. The molecule has 3 aliphatic rings. The first-order valence-corrected chi connectivity index (χ1v) is 22.3. The summed E-state index contributed by atoms with van der Waals surface area (Å²) < 4.78 is 0. The molecule has 0 nitrogen and oxygen atoms in total. The summed E-state index contributed by atoms with van der Waals surface area (Å²) >= 11 is 0. The minimum absolute atomic E-state index is 0.0444. The van der Waals surface area contributed by atoms with E-state index in [4.69, 9.17) is 0 Å². The topological polar surface area (TPSA) is 0 Å². The van der Waals surface area contributed by atoms with Crippen LogP contribution in [0.15, 0.2) is 78.9 Å². The van der Waals surface area contributed by atoms with Crippen LogP contribution in [0.2, 0.25) is 0 Å². The number of fused-ring (bicyclic) bond motifs is 10. The minimum Gasteiger partial charge on any atom is -0.0613 e. The van der Waals surface area contributed by atoms with E-state index in [0.717, 1.165) is 12.8 Å². The van der Waals surface area contributed by atoms with E-state index >= 15 is 0 Å². The number of allylic oxidation sites excluding steroid dienone is 1. The van der Waals surface area contributed by atoms with Crippen LogP contribution in [0.3, 0.4) is 0 Å². The SMILES string of the molecule is Cc1cc2c(c(C(C)(C)C)c1)C1=C3c4c(cc(C)cc4C(C)(C)C)Cc4cc(C)cc(C(C)(C)C)c4C3c3cccc4ccc(c1c34)-c1c(cc(C)cc1C(C)(C)C)C2. The van der Waals surface area contributed by atoms with Crippen molar-refractivity contribution in [2.45, 2.75) is 151 Å². The van der Waals surface area contributed by atoms with Crippen molar-refractivity contribution in [2.24, 2.45) is 0 Å². The molecule has 0 aliphatic heterocycles. The summed E-state index contributed by atoms with van der Waals surface area (Å²) in [5.41, 5.74) is 30.1. The lowest BCUT2D eigenvalue weighted by atomic mass is 9.62. The van der Waals surface area contributed by atoms with Crippen molar-refractivity contribution in [3.63, 3.8) is 0 Å². The highest BCUT2D eigenvalue weighted by Crippen LogP contribution is 2.61. The van der Waals surface area contributed by atoms with Gasteiger partial charge in [-0.3, -0.25) is 0 Å². The van der Waals surface area contributed by atoms with Gasteiger partial charge in [0.25, 0.3) is 0 Å². The summed E-state index contributed by atoms with van der Waals surface area (Å²) in [6, 6.07) is 32.5. The molecule has 0 saturated carbocycles. The summed E-state index contributed by atoms with van der Waals surface area (Å²) in [6.45, 7) is 38.5. The zero-order valence-corrected chi connectivity index (χ0v) is 39.0. The second kappa shape index (κ2) is 12.9. The summed E-state index contributed by atoms with van der Waals surface area (Å²) in [6.07, 6.45) is 1.83. The zero-order valence-electron chi connectivity index (χ0n) is 39.0. The quantitative estimate of drug-likeness (QED) is 0.144. The van der Waals surface area contributed by atoms with Crippen LogP contribution in [0.1, 0.15) is 184 Å². The van der Waals surface area contributed by atoms with E-state index in [2.05, 4.69) is 190 Å². The third kappa shape index (κ3) is 6.21. The van der Waals surface area contributed by atoms with E-state index in [1.54, 1.807) is 0 Å². The molecule has 9 rings (SSSR count). The van der Waals surface area contributed by atoms with Crippen molar-refractivity contribution < 1.29 is 0 Å². The predicted molar refractivity (Wildman–Crippen MR) is 256 cm³/mol. The lowest BCUT2D eigenvalue weighted by molar-refractivity contribution is 0.580. The van der Waals surface area contributed by atoms with Gasteiger partial charge in [0.15, 0.2) is 0 Å². The molecule has 3 aliphatic carbocycles. The normalized spacial score (nSPS) is 16.1. The van der Waals surface area contributed by atoms with E-state index in [9.17, 15) is 0 Å². The Labute approximate surface area is 356 Å². The average molecular weight is 775 g/mol. The van der Waals surface area contributed by atoms with Crippen LogP contribution in [0, 0.1) is 27.7 Å². The van der Waals surface area contributed by atoms with E-state index in [0.29, 0.717) is 0 Å². The summed E-state index contributed by atoms with van der Waals surface area (Å²) in [5, 5.41) is 2.78. The number of hydrogen-bond acceptors (Lipinski definition) is 0. The average Bonchev–Trinajstić information content (AvgIpc) is 3.23. The van der Waals surface area contributed by atoms with Crippen molar-refractivity contribution in [2.75, 3.05) is 0 Å². The lowest BCUT2D eigenvalue weighted by Gasteiger charge is -2.41. The summed E-state index contributed by atoms with van der Waals surface area (Å²) in [7, 11) is 0. The van der Waals surface area contributed by atoms with Gasteiger partial charge in [-0.2, -0.15) is 0 Å². The van der Waals surface area contributed by atoms with Gasteiger partial charge in [-0.15, -0.1) is 0 Å². The van der Waals surface area contributed by atoms with Crippen molar-refractivity contribution in [3.05, 3.63) is 173 Å². The predicted octanol–water partition coefficient (Wildman–Crippen LogP) is 15.8. The number of benzene rings is 6. The smallest absolute Gasteiger partial charge is 0.0364 e. The molecule has 0 heteroatoms. The molecule has 0 aromatic heterocycles. The molecule has 0 spiro atoms. The van der Waals surface area contributed by atoms with Crippen molar-refractivity contribution in [1.29, 1.82) is 0 Å². The van der Waals surface area contributed by atoms with Gasteiger partial charge in [0.1, 0.15) is 0 Å². The van der Waals surface area contributed by atoms with Gasteiger partial charge < -0.3 is 0 Å². The second-order valence-corrected chi connectivity index (χ2v) is 22.9. The standard InChI is InChI=1S/C59H66/c1-32-22-37-30-39-24-34(3)28-45(58(11,12)13)50(39)54-52-42(47(37)43(26-32)56(5,6)7)21-20-36-18-17-19-41(48(36)52)53-49-38(23-33(2)27-44(49)57(8,9)10)31-40-25-35(4)29-46(59(14,15)16)51(40)55(53)54/h17-29,53H,30-31H2,1-16H3. The van der Waals surface area contributed by atoms with E-state index < -0.39 is 0 Å². The fourth-order valence-electron chi connectivity index (χ4n) is 11.5. The van der Waals surface area contributed by atoms with Gasteiger partial charge >= 0.3 is 0 Å². The molecule has 0 radical (unpaired) electrons. The number of aryl methyl sites for hydroxylation is 4. The van der Waals surface area contributed by atoms with Gasteiger partial charge in [0.2, 0.25) is 0 Å². The van der Waals surface area contributed by atoms with Crippen LogP contribution in [0.5, 0.6) is 0 Å². The number of rotatable bonds is 0. The molecule has 0 N–H and O–H groups in total. The van der Waals surface area contributed by atoms with Crippen LogP contribution >= 0.6 is 0 Å². The summed E-state index contributed by atoms with van der Waals surface area (Å²) in [5.74, 6) is 0.0623. The highest BCUT2D eigenvalue weighted by atomic mass is 14.5. The maximum absolute atomic E-state index is 2.55. The van der Waals surface area contributed by atoms with Crippen LogP contribution in [-0.4, -0.2) is 0 Å². The maximum Gasteiger partial charge on any atom is 0.0364 e. The zero-order chi connectivity index (χ0) is 42.5. The Morgan fingerprint density at radius 2 is 0.864 bits per heavy atom. The van der Waals surface area contributed by atoms with Gasteiger partial charge in [0, 0.05) is 5.92 Å². The molecule has 302 valence electrons. The molecule has 1 unspecified atom stereocenters.